The number of amides is 1. The van der Waals surface area contributed by atoms with Crippen LogP contribution in [0.2, 0.25) is 0 Å². The molecular weight excluding hydrogens is 408 g/mol. The van der Waals surface area contributed by atoms with Gasteiger partial charge in [0, 0.05) is 13.6 Å². The van der Waals surface area contributed by atoms with Crippen molar-refractivity contribution in [3.05, 3.63) is 40.5 Å². The van der Waals surface area contributed by atoms with Crippen LogP contribution >= 0.6 is 11.8 Å². The van der Waals surface area contributed by atoms with Gasteiger partial charge in [-0.3, -0.25) is 4.79 Å². The first kappa shape index (κ1) is 24.0. The summed E-state index contributed by atoms with van der Waals surface area (Å²) in [6.45, 7) is 2.93. The summed E-state index contributed by atoms with van der Waals surface area (Å²) >= 11 is 1.09. The van der Waals surface area contributed by atoms with Crippen molar-refractivity contribution >= 4 is 23.5 Å². The van der Waals surface area contributed by atoms with Gasteiger partial charge in [-0.25, -0.2) is 4.98 Å². The monoisotopic (exact) mass is 434 g/mol. The number of rotatable bonds is 10. The number of carbonyl (C=O) groups is 1. The first-order valence-corrected chi connectivity index (χ1v) is 10.8. The van der Waals surface area contributed by atoms with Gasteiger partial charge in [-0.2, -0.15) is 10.5 Å². The van der Waals surface area contributed by atoms with E-state index < -0.39 is 11.2 Å². The van der Waals surface area contributed by atoms with Gasteiger partial charge < -0.3 is 16.4 Å². The zero-order valence-corrected chi connectivity index (χ0v) is 18.6. The third kappa shape index (κ3) is 5.67. The van der Waals surface area contributed by atoms with Crippen molar-refractivity contribution in [1.29, 1.82) is 10.5 Å². The van der Waals surface area contributed by atoms with Crippen LogP contribution in [0.3, 0.4) is 0 Å². The number of allylic oxidation sites excluding steroid dienone is 3. The lowest BCUT2D eigenvalue weighted by Crippen LogP contribution is -2.28. The Hall–Kier alpha value is -3.25. The van der Waals surface area contributed by atoms with Gasteiger partial charge >= 0.3 is 0 Å². The van der Waals surface area contributed by atoms with Gasteiger partial charge in [-0.1, -0.05) is 29.8 Å². The van der Waals surface area contributed by atoms with E-state index in [9.17, 15) is 15.3 Å². The molecule has 0 aromatic carbocycles. The first-order valence-electron chi connectivity index (χ1n) is 9.97. The second-order valence-electron chi connectivity index (χ2n) is 7.18. The summed E-state index contributed by atoms with van der Waals surface area (Å²) in [6.07, 6.45) is 12.9. The van der Waals surface area contributed by atoms with E-state index in [2.05, 4.69) is 23.0 Å². The number of carbonyl (C=O) groups excluding carboxylic acids is 1. The van der Waals surface area contributed by atoms with Crippen LogP contribution in [0.5, 0.6) is 0 Å². The number of aromatic nitrogens is 1. The number of anilines is 1. The van der Waals surface area contributed by atoms with Crippen LogP contribution < -0.4 is 16.4 Å². The molecular formula is C23H26N6OS. The number of pyridine rings is 1. The maximum atomic E-state index is 12.3. The second-order valence-corrected chi connectivity index (χ2v) is 8.27. The molecule has 1 saturated carbocycles. The van der Waals surface area contributed by atoms with E-state index in [4.69, 9.17) is 17.9 Å². The SMILES string of the molecule is C#C/C=C(\C=C/C)C(Sc1nc(N(C)CCCN)c(C#N)c(C2CC2)c1C#N)C(N)=O. The molecule has 0 saturated heterocycles. The van der Waals surface area contributed by atoms with E-state index in [1.54, 1.807) is 12.2 Å². The second kappa shape index (κ2) is 11.2. The molecule has 8 heteroatoms. The van der Waals surface area contributed by atoms with E-state index in [1.807, 2.05) is 18.9 Å². The van der Waals surface area contributed by atoms with Gasteiger partial charge in [0.05, 0.1) is 11.1 Å². The fourth-order valence-electron chi connectivity index (χ4n) is 3.26. The highest BCUT2D eigenvalue weighted by Crippen LogP contribution is 2.47. The lowest BCUT2D eigenvalue weighted by Gasteiger charge is -2.23. The van der Waals surface area contributed by atoms with Crippen LogP contribution in [0.25, 0.3) is 0 Å². The summed E-state index contributed by atoms with van der Waals surface area (Å²) in [4.78, 5) is 18.8. The molecule has 0 radical (unpaired) electrons. The van der Waals surface area contributed by atoms with E-state index in [0.717, 1.165) is 31.0 Å². The average Bonchev–Trinajstić information content (AvgIpc) is 3.59. The number of thioether (sulfide) groups is 1. The summed E-state index contributed by atoms with van der Waals surface area (Å²) in [5.74, 6) is 2.46. The molecule has 1 aromatic rings. The zero-order chi connectivity index (χ0) is 23.0. The molecule has 0 aliphatic heterocycles. The highest BCUT2D eigenvalue weighted by Gasteiger charge is 2.35. The normalized spacial score (nSPS) is 14.5. The van der Waals surface area contributed by atoms with Crippen LogP contribution in [-0.4, -0.2) is 36.3 Å². The minimum atomic E-state index is -0.825. The topological polar surface area (TPSA) is 133 Å². The number of terminal acetylenes is 1. The molecule has 4 N–H and O–H groups in total. The van der Waals surface area contributed by atoms with Crippen molar-refractivity contribution in [1.82, 2.24) is 4.98 Å². The third-order valence-electron chi connectivity index (χ3n) is 4.85. The summed E-state index contributed by atoms with van der Waals surface area (Å²) < 4.78 is 0. The molecule has 1 atom stereocenters. The van der Waals surface area contributed by atoms with Crippen molar-refractivity contribution < 1.29 is 4.79 Å². The Morgan fingerprint density at radius 2 is 2.06 bits per heavy atom. The summed E-state index contributed by atoms with van der Waals surface area (Å²) in [5, 5.41) is 19.4. The van der Waals surface area contributed by atoms with Gasteiger partial charge in [0.25, 0.3) is 0 Å². The molecule has 160 valence electrons. The molecule has 31 heavy (non-hydrogen) atoms. The zero-order valence-electron chi connectivity index (χ0n) is 17.8. The highest BCUT2D eigenvalue weighted by atomic mass is 32.2. The van der Waals surface area contributed by atoms with Crippen molar-refractivity contribution in [2.45, 2.75) is 42.4 Å². The molecule has 0 spiro atoms. The van der Waals surface area contributed by atoms with Crippen molar-refractivity contribution in [2.24, 2.45) is 11.5 Å². The Morgan fingerprint density at radius 1 is 1.39 bits per heavy atom. The van der Waals surface area contributed by atoms with Gasteiger partial charge in [0.1, 0.15) is 28.2 Å². The number of nitrogens with two attached hydrogens (primary N) is 2. The largest absolute Gasteiger partial charge is 0.368 e. The molecule has 1 amide bonds. The molecule has 1 unspecified atom stereocenters. The third-order valence-corrected chi connectivity index (χ3v) is 6.11. The maximum Gasteiger partial charge on any atom is 0.235 e. The smallest absolute Gasteiger partial charge is 0.235 e. The van der Waals surface area contributed by atoms with Crippen LogP contribution in [0, 0.1) is 35.0 Å². The number of primary amides is 1. The van der Waals surface area contributed by atoms with Gasteiger partial charge in [0.2, 0.25) is 5.91 Å². The molecule has 1 aliphatic carbocycles. The van der Waals surface area contributed by atoms with Gasteiger partial charge in [-0.05, 0) is 55.9 Å². The number of hydrogen-bond donors (Lipinski definition) is 2. The van der Waals surface area contributed by atoms with Crippen LogP contribution in [0.1, 0.15) is 48.8 Å². The Labute approximate surface area is 187 Å². The number of nitriles is 2. The number of nitrogens with zero attached hydrogens (tertiary/aromatic N) is 4. The van der Waals surface area contributed by atoms with Crippen molar-refractivity contribution in [2.75, 3.05) is 25.0 Å². The average molecular weight is 435 g/mol. The first-order chi connectivity index (χ1) is 14.9. The molecule has 1 heterocycles. The molecule has 7 nitrogen and oxygen atoms in total. The van der Waals surface area contributed by atoms with E-state index in [0.29, 0.717) is 46.2 Å². The highest BCUT2D eigenvalue weighted by molar-refractivity contribution is 8.00. The van der Waals surface area contributed by atoms with Crippen molar-refractivity contribution in [3.63, 3.8) is 0 Å². The van der Waals surface area contributed by atoms with Crippen LogP contribution in [-0.2, 0) is 4.79 Å². The molecule has 1 fully saturated rings. The van der Waals surface area contributed by atoms with Crippen molar-refractivity contribution in [3.8, 4) is 24.5 Å². The van der Waals surface area contributed by atoms with E-state index in [-0.39, 0.29) is 5.92 Å². The summed E-state index contributed by atoms with van der Waals surface area (Å²) in [6, 6.07) is 4.46. The molecule has 1 aliphatic rings. The predicted octanol–water partition coefficient (Wildman–Crippen LogP) is 2.57. The quantitative estimate of drug-likeness (QED) is 0.328. The standard InChI is InChI=1S/C23H26N6OS/c1-4-7-16(8-5-2)20(21(27)30)31-23-18(14-26)19(15-9-10-15)17(13-25)22(28-23)29(3)12-6-11-24/h1,5,7-8,15,20H,6,9-12,24H2,2-3H3,(H2,27,30)/b8-5-,16-7+. The van der Waals surface area contributed by atoms with Gasteiger partial charge in [0.15, 0.2) is 0 Å². The lowest BCUT2D eigenvalue weighted by atomic mass is 10.00. The van der Waals surface area contributed by atoms with Crippen LogP contribution in [0.15, 0.2) is 28.8 Å². The predicted molar refractivity (Wildman–Crippen MR) is 123 cm³/mol. The minimum Gasteiger partial charge on any atom is -0.368 e. The van der Waals surface area contributed by atoms with Crippen LogP contribution in [0.4, 0.5) is 5.82 Å². The fourth-order valence-corrected chi connectivity index (χ4v) is 4.30. The van der Waals surface area contributed by atoms with Gasteiger partial charge in [-0.15, -0.1) is 6.42 Å². The Bertz CT molecular complexity index is 1020. The Balaban J connectivity index is 2.68. The molecule has 1 aromatic heterocycles. The summed E-state index contributed by atoms with van der Waals surface area (Å²) in [7, 11) is 1.84. The maximum absolute atomic E-state index is 12.3. The van der Waals surface area contributed by atoms with E-state index in [1.165, 1.54) is 6.08 Å². The molecule has 0 bridgehead atoms. The number of hydrogen-bond acceptors (Lipinski definition) is 7. The summed E-state index contributed by atoms with van der Waals surface area (Å²) in [5.41, 5.74) is 13.3. The van der Waals surface area contributed by atoms with E-state index >= 15 is 0 Å². The Kier molecular flexibility index (Phi) is 8.70. The Morgan fingerprint density at radius 3 is 2.55 bits per heavy atom. The minimum absolute atomic E-state index is 0.136. The molecule has 2 rings (SSSR count). The fraction of sp³-hybridized carbons (Fsp3) is 0.391. The lowest BCUT2D eigenvalue weighted by molar-refractivity contribution is -0.116.